The summed E-state index contributed by atoms with van der Waals surface area (Å²) in [4.78, 5) is 37.2. The van der Waals surface area contributed by atoms with Gasteiger partial charge in [0.1, 0.15) is 18.2 Å². The topological polar surface area (TPSA) is 117 Å². The molecule has 2 aliphatic rings. The van der Waals surface area contributed by atoms with E-state index in [1.807, 2.05) is 0 Å². The monoisotopic (exact) mass is 402 g/mol. The van der Waals surface area contributed by atoms with Gasteiger partial charge in [-0.15, -0.1) is 11.3 Å². The first-order valence-corrected chi connectivity index (χ1v) is 9.65. The first kappa shape index (κ1) is 18.3. The number of hydrogen-bond acceptors (Lipinski definition) is 7. The van der Waals surface area contributed by atoms with Gasteiger partial charge in [0.15, 0.2) is 18.1 Å². The van der Waals surface area contributed by atoms with Crippen LogP contribution in [0.3, 0.4) is 0 Å². The number of esters is 1. The molecule has 1 aromatic heterocycles. The van der Waals surface area contributed by atoms with Gasteiger partial charge in [0.2, 0.25) is 0 Å². The number of hydrogen-bond donors (Lipinski definition) is 2. The summed E-state index contributed by atoms with van der Waals surface area (Å²) < 4.78 is 15.9. The summed E-state index contributed by atoms with van der Waals surface area (Å²) in [6.45, 7) is 0.380. The fourth-order valence-electron chi connectivity index (χ4n) is 3.30. The highest BCUT2D eigenvalue weighted by Crippen LogP contribution is 2.38. The minimum atomic E-state index is -0.657. The van der Waals surface area contributed by atoms with Crippen molar-refractivity contribution in [2.24, 2.45) is 5.73 Å². The van der Waals surface area contributed by atoms with Gasteiger partial charge >= 0.3 is 5.97 Å². The number of carbonyl (C=O) groups is 3. The van der Waals surface area contributed by atoms with Crippen molar-refractivity contribution in [1.29, 1.82) is 0 Å². The number of fused-ring (bicyclic) bond motifs is 2. The van der Waals surface area contributed by atoms with E-state index in [2.05, 4.69) is 5.32 Å². The number of primary amides is 1. The van der Waals surface area contributed by atoms with Crippen molar-refractivity contribution < 1.29 is 28.6 Å². The Morgan fingerprint density at radius 3 is 2.71 bits per heavy atom. The summed E-state index contributed by atoms with van der Waals surface area (Å²) in [6, 6.07) is 4.68. The number of benzene rings is 1. The van der Waals surface area contributed by atoms with Crippen LogP contribution in [0, 0.1) is 0 Å². The third-order valence-electron chi connectivity index (χ3n) is 4.53. The van der Waals surface area contributed by atoms with E-state index in [4.69, 9.17) is 19.9 Å². The van der Waals surface area contributed by atoms with E-state index >= 15 is 0 Å². The average Bonchev–Trinajstić information content (AvgIpc) is 3.26. The van der Waals surface area contributed by atoms with E-state index in [0.29, 0.717) is 35.3 Å². The highest BCUT2D eigenvalue weighted by Gasteiger charge is 2.26. The van der Waals surface area contributed by atoms with Crippen molar-refractivity contribution in [3.05, 3.63) is 39.8 Å². The van der Waals surface area contributed by atoms with Crippen LogP contribution in [0.4, 0.5) is 5.00 Å². The Hall–Kier alpha value is -3.07. The van der Waals surface area contributed by atoms with Crippen LogP contribution < -0.4 is 20.5 Å². The quantitative estimate of drug-likeness (QED) is 0.738. The van der Waals surface area contributed by atoms with E-state index in [9.17, 15) is 14.4 Å². The number of nitrogens with one attached hydrogen (secondary N) is 1. The second kappa shape index (κ2) is 7.51. The zero-order valence-corrected chi connectivity index (χ0v) is 15.7. The van der Waals surface area contributed by atoms with Gasteiger partial charge in [-0.3, -0.25) is 9.59 Å². The van der Waals surface area contributed by atoms with Gasteiger partial charge in [-0.05, 0) is 43.0 Å². The number of carbonyl (C=O) groups excluding carboxylic acids is 3. The van der Waals surface area contributed by atoms with E-state index < -0.39 is 24.4 Å². The highest BCUT2D eigenvalue weighted by atomic mass is 32.1. The molecule has 1 aliphatic heterocycles. The maximum absolute atomic E-state index is 12.2. The second-order valence-electron chi connectivity index (χ2n) is 6.41. The predicted molar refractivity (Wildman–Crippen MR) is 101 cm³/mol. The SMILES string of the molecule is NC(=O)c1c(NC(=O)COC(=O)c2ccc3c(c2)OCCO3)sc2c1CCC2. The zero-order chi connectivity index (χ0) is 19.7. The number of amides is 2. The molecule has 8 nitrogen and oxygen atoms in total. The lowest BCUT2D eigenvalue weighted by Gasteiger charge is -2.18. The Morgan fingerprint density at radius 2 is 1.93 bits per heavy atom. The molecule has 0 unspecified atom stereocenters. The smallest absolute Gasteiger partial charge is 0.338 e. The van der Waals surface area contributed by atoms with Crippen molar-refractivity contribution in [3.8, 4) is 11.5 Å². The normalized spacial score (nSPS) is 14.3. The van der Waals surface area contributed by atoms with E-state index in [-0.39, 0.29) is 5.56 Å². The van der Waals surface area contributed by atoms with Crippen LogP contribution in [0.2, 0.25) is 0 Å². The molecule has 4 rings (SSSR count). The van der Waals surface area contributed by atoms with Gasteiger partial charge in [0, 0.05) is 4.88 Å². The van der Waals surface area contributed by atoms with Crippen LogP contribution in [-0.2, 0) is 22.4 Å². The molecule has 1 aromatic carbocycles. The number of anilines is 1. The van der Waals surface area contributed by atoms with E-state index in [0.717, 1.165) is 29.7 Å². The molecule has 3 N–H and O–H groups in total. The van der Waals surface area contributed by atoms with Crippen molar-refractivity contribution in [1.82, 2.24) is 0 Å². The summed E-state index contributed by atoms with van der Waals surface area (Å²) >= 11 is 1.35. The van der Waals surface area contributed by atoms with Crippen LogP contribution in [0.15, 0.2) is 18.2 Å². The lowest BCUT2D eigenvalue weighted by molar-refractivity contribution is -0.119. The molecular formula is C19H18N2O6S. The summed E-state index contributed by atoms with van der Waals surface area (Å²) in [7, 11) is 0. The number of aryl methyl sites for hydroxylation is 1. The summed E-state index contributed by atoms with van der Waals surface area (Å²) in [6.07, 6.45) is 2.62. The first-order chi connectivity index (χ1) is 13.5. The first-order valence-electron chi connectivity index (χ1n) is 8.84. The fourth-order valence-corrected chi connectivity index (χ4v) is 4.61. The Kier molecular flexibility index (Phi) is 4.91. The van der Waals surface area contributed by atoms with Gasteiger partial charge in [-0.2, -0.15) is 0 Å². The number of nitrogens with two attached hydrogens (primary N) is 1. The summed E-state index contributed by atoms with van der Waals surface area (Å²) in [5, 5.41) is 3.05. The Balaban J connectivity index is 1.39. The third-order valence-corrected chi connectivity index (χ3v) is 5.74. The highest BCUT2D eigenvalue weighted by molar-refractivity contribution is 7.17. The maximum Gasteiger partial charge on any atom is 0.338 e. The summed E-state index contributed by atoms with van der Waals surface area (Å²) in [5.41, 5.74) is 7.01. The lowest BCUT2D eigenvalue weighted by atomic mass is 10.1. The molecule has 0 saturated heterocycles. The number of thiophene rings is 1. The molecule has 0 saturated carbocycles. The van der Waals surface area contributed by atoms with Crippen molar-refractivity contribution in [2.45, 2.75) is 19.3 Å². The molecule has 0 radical (unpaired) electrons. The predicted octanol–water partition coefficient (Wildman–Crippen LogP) is 1.90. The van der Waals surface area contributed by atoms with Crippen molar-refractivity contribution >= 4 is 34.1 Å². The molecule has 0 fully saturated rings. The van der Waals surface area contributed by atoms with Crippen LogP contribution in [0.1, 0.15) is 37.6 Å². The molecule has 2 aromatic rings. The molecule has 146 valence electrons. The second-order valence-corrected chi connectivity index (χ2v) is 7.51. The molecule has 28 heavy (non-hydrogen) atoms. The van der Waals surface area contributed by atoms with Gasteiger partial charge in [0.05, 0.1) is 11.1 Å². The fraction of sp³-hybridized carbons (Fsp3) is 0.316. The summed E-state index contributed by atoms with van der Waals surface area (Å²) in [5.74, 6) is -0.734. The zero-order valence-electron chi connectivity index (χ0n) is 14.9. The molecule has 0 spiro atoms. The Morgan fingerprint density at radius 1 is 1.14 bits per heavy atom. The largest absolute Gasteiger partial charge is 0.486 e. The molecule has 2 heterocycles. The maximum atomic E-state index is 12.2. The van der Waals surface area contributed by atoms with Crippen LogP contribution in [0.5, 0.6) is 11.5 Å². The van der Waals surface area contributed by atoms with E-state index in [1.165, 1.54) is 17.4 Å². The molecule has 9 heteroatoms. The number of rotatable bonds is 5. The minimum absolute atomic E-state index is 0.255. The Labute approximate surface area is 164 Å². The minimum Gasteiger partial charge on any atom is -0.486 e. The van der Waals surface area contributed by atoms with Gasteiger partial charge in [-0.1, -0.05) is 0 Å². The standard InChI is InChI=1S/C19H18N2O6S/c20-17(23)16-11-2-1-3-14(11)28-18(16)21-15(22)9-27-19(24)10-4-5-12-13(8-10)26-7-6-25-12/h4-5,8H,1-3,6-7,9H2,(H2,20,23)(H,21,22). The van der Waals surface area contributed by atoms with Crippen LogP contribution >= 0.6 is 11.3 Å². The van der Waals surface area contributed by atoms with Crippen LogP contribution in [-0.4, -0.2) is 37.6 Å². The third kappa shape index (κ3) is 3.53. The molecule has 0 bridgehead atoms. The lowest BCUT2D eigenvalue weighted by Crippen LogP contribution is -2.23. The molecule has 1 aliphatic carbocycles. The van der Waals surface area contributed by atoms with Gasteiger partial charge < -0.3 is 25.3 Å². The van der Waals surface area contributed by atoms with Crippen molar-refractivity contribution in [2.75, 3.05) is 25.1 Å². The van der Waals surface area contributed by atoms with Crippen LogP contribution in [0.25, 0.3) is 0 Å². The Bertz CT molecular complexity index is 968. The average molecular weight is 402 g/mol. The molecule has 0 atom stereocenters. The van der Waals surface area contributed by atoms with E-state index in [1.54, 1.807) is 12.1 Å². The number of ether oxygens (including phenoxy) is 3. The van der Waals surface area contributed by atoms with Crippen molar-refractivity contribution in [3.63, 3.8) is 0 Å². The molecular weight excluding hydrogens is 384 g/mol. The molecule has 2 amide bonds. The van der Waals surface area contributed by atoms with Gasteiger partial charge in [-0.25, -0.2) is 4.79 Å². The van der Waals surface area contributed by atoms with Gasteiger partial charge in [0.25, 0.3) is 11.8 Å².